The fraction of sp³-hybridized carbons (Fsp3) is 0.167. The van der Waals surface area contributed by atoms with Crippen LogP contribution in [0.1, 0.15) is 5.56 Å². The fourth-order valence-corrected chi connectivity index (χ4v) is 1.59. The molecule has 2 aliphatic heterocycles. The Hall–Kier alpha value is -1.78. The molecule has 1 atom stereocenters. The lowest BCUT2D eigenvalue weighted by atomic mass is 10.2. The van der Waals surface area contributed by atoms with Gasteiger partial charge in [0.2, 0.25) is 0 Å². The van der Waals surface area contributed by atoms with Gasteiger partial charge in [-0.3, -0.25) is 5.73 Å². The maximum atomic E-state index is 5.93. The summed E-state index contributed by atoms with van der Waals surface area (Å²) in [7, 11) is 0. The minimum atomic E-state index is -0.903. The first kappa shape index (κ1) is 9.45. The number of nitrogens with two attached hydrogens (primary N) is 1. The van der Waals surface area contributed by atoms with Crippen molar-refractivity contribution in [2.24, 2.45) is 5.73 Å². The molecule has 0 spiro atoms. The van der Waals surface area contributed by atoms with Gasteiger partial charge >= 0.3 is 5.85 Å². The van der Waals surface area contributed by atoms with E-state index in [1.54, 1.807) is 11.3 Å². The molecule has 4 nitrogen and oxygen atoms in total. The highest BCUT2D eigenvalue weighted by Crippen LogP contribution is 2.39. The van der Waals surface area contributed by atoms with Crippen molar-refractivity contribution < 1.29 is 9.57 Å². The third-order valence-corrected chi connectivity index (χ3v) is 2.60. The smallest absolute Gasteiger partial charge is 0.301 e. The van der Waals surface area contributed by atoms with Crippen molar-refractivity contribution in [2.45, 2.75) is 12.8 Å². The molecule has 0 aromatic heterocycles. The second kappa shape index (κ2) is 3.10. The molecule has 0 amide bonds. The van der Waals surface area contributed by atoms with Gasteiger partial charge in [-0.2, -0.15) is 0 Å². The summed E-state index contributed by atoms with van der Waals surface area (Å²) in [5.74, 6) is 0.450. The predicted octanol–water partition coefficient (Wildman–Crippen LogP) is 1.64. The van der Waals surface area contributed by atoms with E-state index in [9.17, 15) is 0 Å². The molecule has 0 bridgehead atoms. The quantitative estimate of drug-likeness (QED) is 0.763. The Kier molecular flexibility index (Phi) is 1.83. The molecular weight excluding hydrogens is 204 g/mol. The van der Waals surface area contributed by atoms with E-state index in [-0.39, 0.29) is 0 Å². The predicted molar refractivity (Wildman–Crippen MR) is 58.9 cm³/mol. The lowest BCUT2D eigenvalue weighted by Gasteiger charge is -2.14. The minimum absolute atomic E-state index is 0.596. The zero-order valence-corrected chi connectivity index (χ0v) is 8.88. The van der Waals surface area contributed by atoms with Crippen molar-refractivity contribution >= 4 is 0 Å². The summed E-state index contributed by atoms with van der Waals surface area (Å²) in [6, 6.07) is 7.79. The highest BCUT2D eigenvalue weighted by molar-refractivity contribution is 5.32. The first-order valence-electron chi connectivity index (χ1n) is 5.09. The van der Waals surface area contributed by atoms with Gasteiger partial charge in [0.15, 0.2) is 5.76 Å². The zero-order chi connectivity index (χ0) is 11.2. The maximum Gasteiger partial charge on any atom is 0.301 e. The molecule has 3 rings (SSSR count). The number of allylic oxidation sites excluding steroid dienone is 2. The van der Waals surface area contributed by atoms with Crippen LogP contribution in [0.3, 0.4) is 0 Å². The number of benzene rings is 1. The van der Waals surface area contributed by atoms with Crippen molar-refractivity contribution in [3.8, 4) is 5.75 Å². The number of hydrogen-bond acceptors (Lipinski definition) is 4. The summed E-state index contributed by atoms with van der Waals surface area (Å²) in [6.07, 6.45) is 5.41. The number of fused-ring (bicyclic) bond motifs is 1. The molecule has 82 valence electrons. The van der Waals surface area contributed by atoms with Crippen LogP contribution >= 0.6 is 0 Å². The molecule has 1 aromatic carbocycles. The molecule has 1 aromatic rings. The second-order valence-electron chi connectivity index (χ2n) is 3.90. The number of hydroxylamine groups is 2. The summed E-state index contributed by atoms with van der Waals surface area (Å²) in [5, 5.41) is 1.55. The normalized spacial score (nSPS) is 26.1. The molecule has 1 saturated heterocycles. The Balaban J connectivity index is 1.82. The first-order chi connectivity index (χ1) is 7.68. The first-order valence-corrected chi connectivity index (χ1v) is 5.09. The third kappa shape index (κ3) is 1.39. The van der Waals surface area contributed by atoms with Crippen LogP contribution in [-0.4, -0.2) is 10.9 Å². The monoisotopic (exact) mass is 216 g/mol. The van der Waals surface area contributed by atoms with Crippen molar-refractivity contribution in [1.82, 2.24) is 5.06 Å². The van der Waals surface area contributed by atoms with E-state index in [4.69, 9.17) is 15.3 Å². The highest BCUT2D eigenvalue weighted by Gasteiger charge is 2.56. The summed E-state index contributed by atoms with van der Waals surface area (Å²) >= 11 is 0. The lowest BCUT2D eigenvalue weighted by molar-refractivity contribution is 0.228. The van der Waals surface area contributed by atoms with Gasteiger partial charge in [0.25, 0.3) is 0 Å². The number of hydrogen-bond donors (Lipinski definition) is 1. The molecule has 2 aliphatic rings. The van der Waals surface area contributed by atoms with Crippen LogP contribution in [-0.2, 0) is 4.84 Å². The molecular formula is C12H12N2O2. The van der Waals surface area contributed by atoms with Crippen molar-refractivity contribution in [3.63, 3.8) is 0 Å². The molecule has 0 saturated carbocycles. The number of rotatable bonds is 2. The van der Waals surface area contributed by atoms with Crippen LogP contribution < -0.4 is 10.5 Å². The third-order valence-electron chi connectivity index (χ3n) is 2.60. The van der Waals surface area contributed by atoms with E-state index in [0.717, 1.165) is 5.75 Å². The second-order valence-corrected chi connectivity index (χ2v) is 3.90. The molecule has 0 aliphatic carbocycles. The highest BCUT2D eigenvalue weighted by atomic mass is 16.9. The molecule has 4 heteroatoms. The van der Waals surface area contributed by atoms with E-state index in [2.05, 4.69) is 0 Å². The van der Waals surface area contributed by atoms with Gasteiger partial charge in [-0.1, -0.05) is 17.7 Å². The molecule has 2 heterocycles. The average Bonchev–Trinajstić information content (AvgIpc) is 2.95. The molecule has 0 radical (unpaired) electrons. The van der Waals surface area contributed by atoms with Crippen LogP contribution in [0.2, 0.25) is 0 Å². The molecule has 1 unspecified atom stereocenters. The molecule has 1 fully saturated rings. The Morgan fingerprint density at radius 3 is 2.81 bits per heavy atom. The minimum Gasteiger partial charge on any atom is -0.455 e. The van der Waals surface area contributed by atoms with Crippen LogP contribution in [0.4, 0.5) is 0 Å². The van der Waals surface area contributed by atoms with Crippen molar-refractivity contribution in [1.29, 1.82) is 0 Å². The zero-order valence-electron chi connectivity index (χ0n) is 8.88. The lowest BCUT2D eigenvalue weighted by Crippen LogP contribution is -2.34. The van der Waals surface area contributed by atoms with E-state index in [0.29, 0.717) is 5.76 Å². The number of nitrogens with zero attached hydrogens (tertiary/aromatic N) is 1. The van der Waals surface area contributed by atoms with Crippen molar-refractivity contribution in [3.05, 3.63) is 53.9 Å². The Morgan fingerprint density at radius 1 is 1.31 bits per heavy atom. The fourth-order valence-electron chi connectivity index (χ4n) is 1.59. The Bertz CT molecular complexity index is 478. The summed E-state index contributed by atoms with van der Waals surface area (Å²) in [5.41, 5.74) is 7.12. The maximum absolute atomic E-state index is 5.93. The summed E-state index contributed by atoms with van der Waals surface area (Å²) in [4.78, 5) is 5.20. The molecule has 2 N–H and O–H groups in total. The largest absolute Gasteiger partial charge is 0.455 e. The Labute approximate surface area is 93.5 Å². The Morgan fingerprint density at radius 2 is 2.06 bits per heavy atom. The topological polar surface area (TPSA) is 50.8 Å². The van der Waals surface area contributed by atoms with E-state index in [1.807, 2.05) is 43.3 Å². The van der Waals surface area contributed by atoms with E-state index >= 15 is 0 Å². The summed E-state index contributed by atoms with van der Waals surface area (Å²) in [6.45, 7) is 2.03. The van der Waals surface area contributed by atoms with Crippen LogP contribution in [0, 0.1) is 6.92 Å². The SMILES string of the molecule is Cc1ccc(OC2=CC=CN3OC23N)cc1. The van der Waals surface area contributed by atoms with Crippen LogP contribution in [0.15, 0.2) is 48.4 Å². The van der Waals surface area contributed by atoms with Crippen molar-refractivity contribution in [2.75, 3.05) is 0 Å². The van der Waals surface area contributed by atoms with E-state index < -0.39 is 5.85 Å². The van der Waals surface area contributed by atoms with Gasteiger partial charge in [0.05, 0.1) is 0 Å². The van der Waals surface area contributed by atoms with E-state index in [1.165, 1.54) is 5.56 Å². The van der Waals surface area contributed by atoms with Gasteiger partial charge in [-0.05, 0) is 31.2 Å². The average molecular weight is 216 g/mol. The van der Waals surface area contributed by atoms with Gasteiger partial charge in [0, 0.05) is 6.20 Å². The van der Waals surface area contributed by atoms with Gasteiger partial charge < -0.3 is 4.74 Å². The van der Waals surface area contributed by atoms with Crippen LogP contribution in [0.5, 0.6) is 5.75 Å². The number of aryl methyl sites for hydroxylation is 1. The van der Waals surface area contributed by atoms with Gasteiger partial charge in [-0.25, -0.2) is 9.90 Å². The molecule has 16 heavy (non-hydrogen) atoms. The standard InChI is InChI=1S/C12H12N2O2/c1-9-4-6-10(7-5-9)15-11-3-2-8-14-12(11,13)16-14/h2-8H,13H2,1H3. The van der Waals surface area contributed by atoms with Gasteiger partial charge in [0.1, 0.15) is 5.75 Å². The van der Waals surface area contributed by atoms with Crippen LogP contribution in [0.25, 0.3) is 0 Å². The van der Waals surface area contributed by atoms with Gasteiger partial charge in [-0.15, -0.1) is 0 Å². The summed E-state index contributed by atoms with van der Waals surface area (Å²) < 4.78 is 5.69. The number of ether oxygens (including phenoxy) is 1.